The third-order valence-corrected chi connectivity index (χ3v) is 1.77. The van der Waals surface area contributed by atoms with Crippen LogP contribution < -0.4 is 35.3 Å². The Bertz CT molecular complexity index is 389. The fourth-order valence-electron chi connectivity index (χ4n) is 1.21. The molecular weight excluding hydrogens is 157 g/mol. The van der Waals surface area contributed by atoms with Gasteiger partial charge < -0.3 is 7.16 Å². The molecular formula is C10H10NNa. The molecule has 0 saturated carbocycles. The normalized spacial score (nSPS) is 9.33. The standard InChI is InChI=1S/C10H9N.Na.H/c11-10-6-5-8-3-1-2-4-9(8)7-10;;/h1-7H,11H2;;/q;+1;-1. The van der Waals surface area contributed by atoms with Crippen molar-refractivity contribution in [1.82, 2.24) is 0 Å². The molecule has 0 aromatic heterocycles. The van der Waals surface area contributed by atoms with Gasteiger partial charge in [0.1, 0.15) is 0 Å². The maximum absolute atomic E-state index is 5.62. The number of rotatable bonds is 0. The molecule has 0 aliphatic carbocycles. The van der Waals surface area contributed by atoms with Crippen LogP contribution in [0.2, 0.25) is 0 Å². The Hall–Kier alpha value is -0.500. The minimum atomic E-state index is 0. The molecule has 0 fully saturated rings. The second kappa shape index (κ2) is 3.94. The largest absolute Gasteiger partial charge is 1.00 e. The van der Waals surface area contributed by atoms with E-state index in [9.17, 15) is 0 Å². The zero-order valence-electron chi connectivity index (χ0n) is 8.12. The molecule has 0 aliphatic heterocycles. The molecule has 2 N–H and O–H groups in total. The summed E-state index contributed by atoms with van der Waals surface area (Å²) in [5.74, 6) is 0. The first kappa shape index (κ1) is 9.59. The molecule has 0 atom stereocenters. The summed E-state index contributed by atoms with van der Waals surface area (Å²) in [5, 5.41) is 2.44. The van der Waals surface area contributed by atoms with E-state index in [0.717, 1.165) is 5.69 Å². The summed E-state index contributed by atoms with van der Waals surface area (Å²) >= 11 is 0. The van der Waals surface area contributed by atoms with Gasteiger partial charge in [-0.2, -0.15) is 0 Å². The summed E-state index contributed by atoms with van der Waals surface area (Å²) in [6, 6.07) is 14.1. The monoisotopic (exact) mass is 167 g/mol. The number of hydrogen-bond donors (Lipinski definition) is 1. The average molecular weight is 167 g/mol. The first-order chi connectivity index (χ1) is 5.36. The Balaban J connectivity index is 0.000000720. The van der Waals surface area contributed by atoms with Crippen LogP contribution in [0.25, 0.3) is 10.8 Å². The minimum Gasteiger partial charge on any atom is -1.00 e. The van der Waals surface area contributed by atoms with Crippen molar-refractivity contribution in [2.45, 2.75) is 0 Å². The van der Waals surface area contributed by atoms with E-state index in [1.54, 1.807) is 0 Å². The van der Waals surface area contributed by atoms with Crippen LogP contribution >= 0.6 is 0 Å². The number of fused-ring (bicyclic) bond motifs is 1. The molecule has 12 heavy (non-hydrogen) atoms. The van der Waals surface area contributed by atoms with Gasteiger partial charge in [-0.3, -0.25) is 0 Å². The van der Waals surface area contributed by atoms with Crippen molar-refractivity contribution in [2.24, 2.45) is 0 Å². The topological polar surface area (TPSA) is 26.0 Å². The molecule has 2 aromatic rings. The van der Waals surface area contributed by atoms with Gasteiger partial charge in [-0.1, -0.05) is 30.3 Å². The van der Waals surface area contributed by atoms with Gasteiger partial charge in [-0.05, 0) is 22.9 Å². The zero-order valence-corrected chi connectivity index (χ0v) is 9.12. The van der Waals surface area contributed by atoms with E-state index in [0.29, 0.717) is 0 Å². The molecule has 56 valence electrons. The Morgan fingerprint density at radius 2 is 1.58 bits per heavy atom. The molecule has 0 radical (unpaired) electrons. The number of nitrogen functional groups attached to an aromatic ring is 1. The van der Waals surface area contributed by atoms with E-state index >= 15 is 0 Å². The predicted octanol–water partition coefficient (Wildman–Crippen LogP) is -0.462. The molecule has 2 aromatic carbocycles. The maximum atomic E-state index is 5.62. The van der Waals surface area contributed by atoms with E-state index < -0.39 is 0 Å². The van der Waals surface area contributed by atoms with Gasteiger partial charge in [0, 0.05) is 5.69 Å². The molecule has 1 nitrogen and oxygen atoms in total. The maximum Gasteiger partial charge on any atom is 1.00 e. The quantitative estimate of drug-likeness (QED) is 0.417. The number of benzene rings is 2. The Morgan fingerprint density at radius 1 is 0.917 bits per heavy atom. The van der Waals surface area contributed by atoms with E-state index in [-0.39, 0.29) is 31.0 Å². The van der Waals surface area contributed by atoms with Gasteiger partial charge in [0.25, 0.3) is 0 Å². The van der Waals surface area contributed by atoms with Crippen LogP contribution in [0.5, 0.6) is 0 Å². The van der Waals surface area contributed by atoms with Crippen LogP contribution in [0.1, 0.15) is 1.43 Å². The molecule has 0 spiro atoms. The molecule has 0 amide bonds. The molecule has 0 unspecified atom stereocenters. The number of nitrogens with two attached hydrogens (primary N) is 1. The molecule has 0 bridgehead atoms. The Labute approximate surface area is 95.4 Å². The summed E-state index contributed by atoms with van der Waals surface area (Å²) in [5.41, 5.74) is 6.45. The van der Waals surface area contributed by atoms with E-state index in [1.807, 2.05) is 30.3 Å². The van der Waals surface area contributed by atoms with Crippen LogP contribution in [-0.4, -0.2) is 0 Å². The Kier molecular flexibility index (Phi) is 3.15. The minimum absolute atomic E-state index is 0. The Morgan fingerprint density at radius 3 is 2.33 bits per heavy atom. The van der Waals surface area contributed by atoms with Crippen molar-refractivity contribution in [1.29, 1.82) is 0 Å². The number of hydrogen-bond acceptors (Lipinski definition) is 1. The van der Waals surface area contributed by atoms with E-state index in [4.69, 9.17) is 5.73 Å². The van der Waals surface area contributed by atoms with Crippen LogP contribution in [0.4, 0.5) is 5.69 Å². The van der Waals surface area contributed by atoms with Gasteiger partial charge in [0.2, 0.25) is 0 Å². The summed E-state index contributed by atoms with van der Waals surface area (Å²) < 4.78 is 0. The SMILES string of the molecule is Nc1ccc2ccccc2c1.[H-].[Na+]. The molecule has 0 heterocycles. The van der Waals surface area contributed by atoms with Crippen molar-refractivity contribution in [3.05, 3.63) is 42.5 Å². The average Bonchev–Trinajstić information content (AvgIpc) is 2.04. The first-order valence-corrected chi connectivity index (χ1v) is 3.60. The summed E-state index contributed by atoms with van der Waals surface area (Å²) in [4.78, 5) is 0. The van der Waals surface area contributed by atoms with Gasteiger partial charge in [0.15, 0.2) is 0 Å². The second-order valence-electron chi connectivity index (χ2n) is 2.61. The first-order valence-electron chi connectivity index (χ1n) is 3.60. The summed E-state index contributed by atoms with van der Waals surface area (Å²) in [6.07, 6.45) is 0. The number of anilines is 1. The molecule has 0 aliphatic rings. The van der Waals surface area contributed by atoms with Gasteiger partial charge >= 0.3 is 29.6 Å². The van der Waals surface area contributed by atoms with Crippen molar-refractivity contribution in [2.75, 3.05) is 5.73 Å². The van der Waals surface area contributed by atoms with Crippen molar-refractivity contribution in [3.8, 4) is 0 Å². The van der Waals surface area contributed by atoms with Crippen molar-refractivity contribution >= 4 is 16.5 Å². The molecule has 0 saturated heterocycles. The summed E-state index contributed by atoms with van der Waals surface area (Å²) in [7, 11) is 0. The zero-order chi connectivity index (χ0) is 7.68. The van der Waals surface area contributed by atoms with Crippen LogP contribution in [0.15, 0.2) is 42.5 Å². The van der Waals surface area contributed by atoms with Crippen molar-refractivity contribution < 1.29 is 31.0 Å². The third kappa shape index (κ3) is 1.81. The predicted molar refractivity (Wildman–Crippen MR) is 49.5 cm³/mol. The van der Waals surface area contributed by atoms with Crippen molar-refractivity contribution in [3.63, 3.8) is 0 Å². The summed E-state index contributed by atoms with van der Waals surface area (Å²) in [6.45, 7) is 0. The second-order valence-corrected chi connectivity index (χ2v) is 2.61. The van der Waals surface area contributed by atoms with Gasteiger partial charge in [0.05, 0.1) is 0 Å². The third-order valence-electron chi connectivity index (χ3n) is 1.77. The van der Waals surface area contributed by atoms with Gasteiger partial charge in [-0.15, -0.1) is 0 Å². The smallest absolute Gasteiger partial charge is 1.00 e. The van der Waals surface area contributed by atoms with Crippen LogP contribution in [0.3, 0.4) is 0 Å². The van der Waals surface area contributed by atoms with E-state index in [1.165, 1.54) is 10.8 Å². The van der Waals surface area contributed by atoms with E-state index in [2.05, 4.69) is 12.1 Å². The van der Waals surface area contributed by atoms with Crippen LogP contribution in [-0.2, 0) is 0 Å². The van der Waals surface area contributed by atoms with Gasteiger partial charge in [-0.25, -0.2) is 0 Å². The fraction of sp³-hybridized carbons (Fsp3) is 0. The van der Waals surface area contributed by atoms with Crippen LogP contribution in [0, 0.1) is 0 Å². The molecule has 2 heteroatoms. The molecule has 2 rings (SSSR count). The fourth-order valence-corrected chi connectivity index (χ4v) is 1.21.